The van der Waals surface area contributed by atoms with E-state index in [-0.39, 0.29) is 12.5 Å². The Hall–Kier alpha value is -3.27. The van der Waals surface area contributed by atoms with Crippen LogP contribution in [0.25, 0.3) is 21.9 Å². The molecule has 0 unspecified atom stereocenters. The minimum absolute atomic E-state index is 0.0197. The number of fused-ring (bicyclic) bond motifs is 3. The first-order chi connectivity index (χ1) is 12.3. The van der Waals surface area contributed by atoms with Crippen molar-refractivity contribution in [2.24, 2.45) is 0 Å². The highest BCUT2D eigenvalue weighted by Gasteiger charge is 2.08. The van der Waals surface area contributed by atoms with E-state index in [1.54, 1.807) is 0 Å². The fourth-order valence-electron chi connectivity index (χ4n) is 2.79. The molecule has 4 aromatic rings. The van der Waals surface area contributed by atoms with Gasteiger partial charge in [-0.1, -0.05) is 48.5 Å². The van der Waals surface area contributed by atoms with Crippen LogP contribution in [0.2, 0.25) is 0 Å². The fraction of sp³-hybridized carbons (Fsp3) is 0.0952. The summed E-state index contributed by atoms with van der Waals surface area (Å²) in [5.74, 6) is 0.495. The highest BCUT2D eigenvalue weighted by molar-refractivity contribution is 6.05. The smallest absolute Gasteiger partial charge is 0.258 e. The van der Waals surface area contributed by atoms with Crippen LogP contribution < -0.4 is 10.1 Å². The second-order valence-corrected chi connectivity index (χ2v) is 5.81. The molecule has 1 amide bonds. The number of amides is 1. The number of hydrogen-bond acceptors (Lipinski definition) is 3. The monoisotopic (exact) mass is 331 g/mol. The van der Waals surface area contributed by atoms with Gasteiger partial charge >= 0.3 is 0 Å². The number of para-hydroxylation sites is 1. The number of ether oxygens (including phenoxy) is 1. The molecule has 0 aliphatic heterocycles. The Morgan fingerprint density at radius 1 is 0.880 bits per heavy atom. The highest BCUT2D eigenvalue weighted by atomic mass is 16.5. The Morgan fingerprint density at radius 3 is 2.52 bits per heavy atom. The van der Waals surface area contributed by atoms with Crippen LogP contribution in [0.4, 0.5) is 0 Å². The molecular formula is C21H17NO3. The molecule has 1 heterocycles. The zero-order valence-electron chi connectivity index (χ0n) is 13.6. The number of rotatable bonds is 5. The summed E-state index contributed by atoms with van der Waals surface area (Å²) in [5.41, 5.74) is 2.71. The van der Waals surface area contributed by atoms with E-state index in [2.05, 4.69) is 5.32 Å². The second kappa shape index (κ2) is 6.69. The fourth-order valence-corrected chi connectivity index (χ4v) is 2.79. The molecule has 124 valence electrons. The molecule has 0 fully saturated rings. The van der Waals surface area contributed by atoms with Crippen molar-refractivity contribution in [1.82, 2.24) is 5.32 Å². The molecule has 0 saturated carbocycles. The SMILES string of the molecule is O=C(COc1ccc2oc3ccccc3c2c1)NCc1ccccc1. The van der Waals surface area contributed by atoms with Crippen LogP contribution in [0.3, 0.4) is 0 Å². The van der Waals surface area contributed by atoms with Crippen molar-refractivity contribution in [2.75, 3.05) is 6.61 Å². The molecule has 4 rings (SSSR count). The topological polar surface area (TPSA) is 51.5 Å². The molecule has 4 nitrogen and oxygen atoms in total. The minimum Gasteiger partial charge on any atom is -0.484 e. The molecule has 0 saturated heterocycles. The predicted octanol–water partition coefficient (Wildman–Crippen LogP) is 4.28. The molecule has 1 N–H and O–H groups in total. The first kappa shape index (κ1) is 15.3. The third kappa shape index (κ3) is 3.33. The molecule has 0 atom stereocenters. The van der Waals surface area contributed by atoms with Crippen molar-refractivity contribution < 1.29 is 13.9 Å². The average Bonchev–Trinajstić information content (AvgIpc) is 3.03. The van der Waals surface area contributed by atoms with Crippen molar-refractivity contribution in [3.05, 3.63) is 78.4 Å². The summed E-state index contributed by atoms with van der Waals surface area (Å²) >= 11 is 0. The third-order valence-corrected chi connectivity index (χ3v) is 4.05. The van der Waals surface area contributed by atoms with E-state index in [4.69, 9.17) is 9.15 Å². The van der Waals surface area contributed by atoms with Crippen molar-refractivity contribution in [1.29, 1.82) is 0 Å². The van der Waals surface area contributed by atoms with Gasteiger partial charge in [-0.05, 0) is 29.8 Å². The van der Waals surface area contributed by atoms with Crippen molar-refractivity contribution in [3.63, 3.8) is 0 Å². The number of nitrogens with one attached hydrogen (secondary N) is 1. The molecule has 0 aliphatic rings. The minimum atomic E-state index is -0.152. The Balaban J connectivity index is 1.42. The third-order valence-electron chi connectivity index (χ3n) is 4.05. The summed E-state index contributed by atoms with van der Waals surface area (Å²) in [6.45, 7) is 0.475. The number of carbonyl (C=O) groups is 1. The highest BCUT2D eigenvalue weighted by Crippen LogP contribution is 2.31. The van der Waals surface area contributed by atoms with Crippen LogP contribution in [0.5, 0.6) is 5.75 Å². The van der Waals surface area contributed by atoms with Crippen LogP contribution in [0.1, 0.15) is 5.56 Å². The molecule has 0 spiro atoms. The average molecular weight is 331 g/mol. The largest absolute Gasteiger partial charge is 0.484 e. The maximum Gasteiger partial charge on any atom is 0.258 e. The first-order valence-corrected chi connectivity index (χ1v) is 8.14. The number of furan rings is 1. The standard InChI is InChI=1S/C21H17NO3/c23-21(22-13-15-6-2-1-3-7-15)14-24-16-10-11-20-18(12-16)17-8-4-5-9-19(17)25-20/h1-12H,13-14H2,(H,22,23). The van der Waals surface area contributed by atoms with Crippen molar-refractivity contribution in [3.8, 4) is 5.75 Å². The molecule has 0 aliphatic carbocycles. The maximum absolute atomic E-state index is 12.0. The van der Waals surface area contributed by atoms with Crippen LogP contribution in [0, 0.1) is 0 Å². The van der Waals surface area contributed by atoms with Gasteiger partial charge in [0, 0.05) is 17.3 Å². The number of carbonyl (C=O) groups excluding carboxylic acids is 1. The summed E-state index contributed by atoms with van der Waals surface area (Å²) < 4.78 is 11.4. The molecule has 0 radical (unpaired) electrons. The number of benzene rings is 3. The van der Waals surface area contributed by atoms with Crippen LogP contribution in [0.15, 0.2) is 77.2 Å². The predicted molar refractivity (Wildman–Crippen MR) is 97.5 cm³/mol. The van der Waals surface area contributed by atoms with E-state index in [9.17, 15) is 4.79 Å². The Bertz CT molecular complexity index is 1020. The van der Waals surface area contributed by atoms with Gasteiger partial charge in [0.25, 0.3) is 5.91 Å². The van der Waals surface area contributed by atoms with Gasteiger partial charge < -0.3 is 14.5 Å². The molecule has 4 heteroatoms. The maximum atomic E-state index is 12.0. The first-order valence-electron chi connectivity index (χ1n) is 8.14. The van der Waals surface area contributed by atoms with E-state index in [0.717, 1.165) is 27.5 Å². The lowest BCUT2D eigenvalue weighted by Gasteiger charge is -2.07. The van der Waals surface area contributed by atoms with Gasteiger partial charge in [0.1, 0.15) is 16.9 Å². The van der Waals surface area contributed by atoms with E-state index < -0.39 is 0 Å². The van der Waals surface area contributed by atoms with Crippen molar-refractivity contribution >= 4 is 27.8 Å². The van der Waals surface area contributed by atoms with Crippen LogP contribution in [-0.4, -0.2) is 12.5 Å². The normalized spacial score (nSPS) is 10.9. The molecule has 1 aromatic heterocycles. The lowest BCUT2D eigenvalue weighted by Crippen LogP contribution is -2.28. The van der Waals surface area contributed by atoms with Gasteiger partial charge in [-0.2, -0.15) is 0 Å². The Kier molecular flexibility index (Phi) is 4.09. The summed E-state index contributed by atoms with van der Waals surface area (Å²) in [6.07, 6.45) is 0. The van der Waals surface area contributed by atoms with Gasteiger partial charge in [-0.15, -0.1) is 0 Å². The summed E-state index contributed by atoms with van der Waals surface area (Å²) in [5, 5.41) is 4.87. The van der Waals surface area contributed by atoms with Crippen LogP contribution in [-0.2, 0) is 11.3 Å². The Morgan fingerprint density at radius 2 is 1.64 bits per heavy atom. The number of hydrogen-bond donors (Lipinski definition) is 1. The lowest BCUT2D eigenvalue weighted by molar-refractivity contribution is -0.123. The Labute approximate surface area is 145 Å². The zero-order chi connectivity index (χ0) is 17.1. The lowest BCUT2D eigenvalue weighted by atomic mass is 10.1. The summed E-state index contributed by atoms with van der Waals surface area (Å²) in [6, 6.07) is 23.2. The quantitative estimate of drug-likeness (QED) is 0.594. The molecular weight excluding hydrogens is 314 g/mol. The van der Waals surface area contributed by atoms with Gasteiger partial charge in [-0.25, -0.2) is 0 Å². The van der Waals surface area contributed by atoms with Gasteiger partial charge in [0.15, 0.2) is 6.61 Å². The zero-order valence-corrected chi connectivity index (χ0v) is 13.6. The van der Waals surface area contributed by atoms with Crippen molar-refractivity contribution in [2.45, 2.75) is 6.54 Å². The van der Waals surface area contributed by atoms with Gasteiger partial charge in [0.05, 0.1) is 0 Å². The second-order valence-electron chi connectivity index (χ2n) is 5.81. The molecule has 3 aromatic carbocycles. The van der Waals surface area contributed by atoms with E-state index in [1.165, 1.54) is 0 Å². The van der Waals surface area contributed by atoms with E-state index in [0.29, 0.717) is 12.3 Å². The van der Waals surface area contributed by atoms with E-state index in [1.807, 2.05) is 72.8 Å². The van der Waals surface area contributed by atoms with Gasteiger partial charge in [-0.3, -0.25) is 4.79 Å². The summed E-state index contributed by atoms with van der Waals surface area (Å²) in [7, 11) is 0. The molecule has 0 bridgehead atoms. The van der Waals surface area contributed by atoms with E-state index >= 15 is 0 Å². The summed E-state index contributed by atoms with van der Waals surface area (Å²) in [4.78, 5) is 12.0. The van der Waals surface area contributed by atoms with Gasteiger partial charge in [0.2, 0.25) is 0 Å². The molecule has 25 heavy (non-hydrogen) atoms. The van der Waals surface area contributed by atoms with Crippen LogP contribution >= 0.6 is 0 Å².